The van der Waals surface area contributed by atoms with Gasteiger partial charge in [-0.2, -0.15) is 0 Å². The van der Waals surface area contributed by atoms with Crippen molar-refractivity contribution in [3.8, 4) is 0 Å². The fourth-order valence-electron chi connectivity index (χ4n) is 1.78. The Hall–Kier alpha value is -2.24. The molecule has 0 radical (unpaired) electrons. The molecule has 0 saturated carbocycles. The molecule has 0 aliphatic carbocycles. The number of rotatable bonds is 12. The number of amides is 2. The van der Waals surface area contributed by atoms with Gasteiger partial charge in [0.25, 0.3) is 0 Å². The number of nitrogens with two attached hydrogens (primary N) is 2. The number of aliphatic hydroxyl groups is 1. The first-order valence-electron chi connectivity index (χ1n) is 7.34. The summed E-state index contributed by atoms with van der Waals surface area (Å²) in [5, 5.41) is 30.7. The summed E-state index contributed by atoms with van der Waals surface area (Å²) in [6, 6.07) is -3.98. The zero-order valence-corrected chi connectivity index (χ0v) is 13.1. The molecule has 0 rings (SSSR count). The van der Waals surface area contributed by atoms with Gasteiger partial charge in [-0.3, -0.25) is 14.4 Å². The molecule has 0 aromatic heterocycles. The average Bonchev–Trinajstić information content (AvgIpc) is 2.50. The molecule has 0 aromatic carbocycles. The monoisotopic (exact) mass is 348 g/mol. The van der Waals surface area contributed by atoms with Crippen LogP contribution in [0.25, 0.3) is 0 Å². The van der Waals surface area contributed by atoms with Gasteiger partial charge in [-0.25, -0.2) is 4.79 Å². The SMILES string of the molecule is NCCCC[C@H](NC(=O)[C@@H](N)CC(=O)O)C(=O)N[C@@H](CO)C(=O)O. The van der Waals surface area contributed by atoms with Crippen molar-refractivity contribution >= 4 is 23.8 Å². The molecule has 0 heterocycles. The van der Waals surface area contributed by atoms with E-state index in [1.165, 1.54) is 0 Å². The summed E-state index contributed by atoms with van der Waals surface area (Å²) in [6.45, 7) is -0.446. The van der Waals surface area contributed by atoms with Crippen molar-refractivity contribution < 1.29 is 34.5 Å². The van der Waals surface area contributed by atoms with Gasteiger partial charge in [0.1, 0.15) is 12.1 Å². The first-order chi connectivity index (χ1) is 11.2. The molecule has 0 saturated heterocycles. The fraction of sp³-hybridized carbons (Fsp3) is 0.692. The van der Waals surface area contributed by atoms with Crippen LogP contribution in [0.2, 0.25) is 0 Å². The number of aliphatic carboxylic acids is 2. The van der Waals surface area contributed by atoms with Crippen molar-refractivity contribution in [2.75, 3.05) is 13.2 Å². The number of unbranched alkanes of at least 4 members (excludes halogenated alkanes) is 1. The Bertz CT molecular complexity index is 458. The van der Waals surface area contributed by atoms with Gasteiger partial charge in [-0.1, -0.05) is 0 Å². The molecule has 0 aliphatic heterocycles. The van der Waals surface area contributed by atoms with E-state index in [0.717, 1.165) is 0 Å². The maximum absolute atomic E-state index is 12.1. The van der Waals surface area contributed by atoms with Gasteiger partial charge in [0.2, 0.25) is 11.8 Å². The zero-order chi connectivity index (χ0) is 18.7. The summed E-state index contributed by atoms with van der Waals surface area (Å²) in [5.74, 6) is -4.36. The smallest absolute Gasteiger partial charge is 0.328 e. The lowest BCUT2D eigenvalue weighted by Gasteiger charge is -2.22. The van der Waals surface area contributed by atoms with Crippen LogP contribution in [0.5, 0.6) is 0 Å². The molecule has 2 amide bonds. The molecule has 138 valence electrons. The van der Waals surface area contributed by atoms with Crippen LogP contribution in [-0.4, -0.2) is 70.3 Å². The summed E-state index contributed by atoms with van der Waals surface area (Å²) < 4.78 is 0. The molecule has 0 bridgehead atoms. The lowest BCUT2D eigenvalue weighted by molar-refractivity contribution is -0.143. The van der Waals surface area contributed by atoms with E-state index in [1.54, 1.807) is 0 Å². The first-order valence-corrected chi connectivity index (χ1v) is 7.34. The average molecular weight is 348 g/mol. The number of nitrogens with one attached hydrogen (secondary N) is 2. The topological polar surface area (TPSA) is 205 Å². The van der Waals surface area contributed by atoms with Gasteiger partial charge < -0.3 is 37.4 Å². The Morgan fingerprint density at radius 1 is 0.958 bits per heavy atom. The first kappa shape index (κ1) is 21.8. The molecule has 0 aromatic rings. The maximum Gasteiger partial charge on any atom is 0.328 e. The highest BCUT2D eigenvalue weighted by molar-refractivity contribution is 5.92. The highest BCUT2D eigenvalue weighted by Crippen LogP contribution is 2.03. The quantitative estimate of drug-likeness (QED) is 0.179. The van der Waals surface area contributed by atoms with Gasteiger partial charge in [0.15, 0.2) is 0 Å². The van der Waals surface area contributed by atoms with Crippen LogP contribution in [-0.2, 0) is 19.2 Å². The van der Waals surface area contributed by atoms with Crippen molar-refractivity contribution in [1.29, 1.82) is 0 Å². The Morgan fingerprint density at radius 2 is 1.54 bits per heavy atom. The third kappa shape index (κ3) is 8.41. The third-order valence-corrected chi connectivity index (χ3v) is 3.11. The highest BCUT2D eigenvalue weighted by atomic mass is 16.4. The fourth-order valence-corrected chi connectivity index (χ4v) is 1.78. The molecule has 9 N–H and O–H groups in total. The number of aliphatic hydroxyl groups excluding tert-OH is 1. The number of carbonyl (C=O) groups excluding carboxylic acids is 2. The lowest BCUT2D eigenvalue weighted by atomic mass is 10.1. The van der Waals surface area contributed by atoms with Crippen molar-refractivity contribution in [3.63, 3.8) is 0 Å². The summed E-state index contributed by atoms with van der Waals surface area (Å²) in [4.78, 5) is 45.3. The summed E-state index contributed by atoms with van der Waals surface area (Å²) >= 11 is 0. The van der Waals surface area contributed by atoms with Crippen molar-refractivity contribution in [2.24, 2.45) is 11.5 Å². The molecule has 24 heavy (non-hydrogen) atoms. The van der Waals surface area contributed by atoms with Crippen molar-refractivity contribution in [1.82, 2.24) is 10.6 Å². The molecule has 3 atom stereocenters. The summed E-state index contributed by atoms with van der Waals surface area (Å²) in [7, 11) is 0. The molecular weight excluding hydrogens is 324 g/mol. The predicted molar refractivity (Wildman–Crippen MR) is 81.7 cm³/mol. The van der Waals surface area contributed by atoms with E-state index < -0.39 is 54.9 Å². The van der Waals surface area contributed by atoms with Crippen LogP contribution >= 0.6 is 0 Å². The van der Waals surface area contributed by atoms with Gasteiger partial charge in [0.05, 0.1) is 19.1 Å². The summed E-state index contributed by atoms with van der Waals surface area (Å²) in [5.41, 5.74) is 10.8. The number of hydrogen-bond donors (Lipinski definition) is 7. The van der Waals surface area contributed by atoms with E-state index >= 15 is 0 Å². The van der Waals surface area contributed by atoms with E-state index in [4.69, 9.17) is 26.8 Å². The van der Waals surface area contributed by atoms with Gasteiger partial charge >= 0.3 is 11.9 Å². The minimum absolute atomic E-state index is 0.159. The van der Waals surface area contributed by atoms with Crippen LogP contribution in [0, 0.1) is 0 Å². The minimum atomic E-state index is -1.51. The highest BCUT2D eigenvalue weighted by Gasteiger charge is 2.27. The number of carboxylic acid groups (broad SMARTS) is 2. The Kier molecular flexibility index (Phi) is 10.3. The van der Waals surface area contributed by atoms with Crippen LogP contribution in [0.1, 0.15) is 25.7 Å². The second kappa shape index (κ2) is 11.3. The van der Waals surface area contributed by atoms with E-state index in [0.29, 0.717) is 19.4 Å². The van der Waals surface area contributed by atoms with Crippen LogP contribution < -0.4 is 22.1 Å². The zero-order valence-electron chi connectivity index (χ0n) is 13.1. The van der Waals surface area contributed by atoms with Crippen LogP contribution in [0.4, 0.5) is 0 Å². The standard InChI is InChI=1S/C13H24N4O7/c14-4-2-1-3-8(12(22)17-9(6-18)13(23)24)16-11(21)7(15)5-10(19)20/h7-9,18H,1-6,14-15H2,(H,16,21)(H,17,22)(H,19,20)(H,23,24)/t7-,8-,9-/m0/s1. The van der Waals surface area contributed by atoms with Crippen LogP contribution in [0.3, 0.4) is 0 Å². The van der Waals surface area contributed by atoms with E-state index in [2.05, 4.69) is 10.6 Å². The van der Waals surface area contributed by atoms with E-state index in [-0.39, 0.29) is 6.42 Å². The number of carboxylic acids is 2. The van der Waals surface area contributed by atoms with E-state index in [1.807, 2.05) is 0 Å². The predicted octanol–water partition coefficient (Wildman–Crippen LogP) is -3.04. The third-order valence-electron chi connectivity index (χ3n) is 3.11. The maximum atomic E-state index is 12.1. The number of hydrogen-bond acceptors (Lipinski definition) is 7. The molecule has 0 unspecified atom stereocenters. The summed E-state index contributed by atoms with van der Waals surface area (Å²) in [6.07, 6.45) is 0.590. The lowest BCUT2D eigenvalue weighted by Crippen LogP contribution is -2.55. The Morgan fingerprint density at radius 3 is 2.00 bits per heavy atom. The second-order valence-corrected chi connectivity index (χ2v) is 5.13. The molecule has 11 nitrogen and oxygen atoms in total. The second-order valence-electron chi connectivity index (χ2n) is 5.13. The molecule has 11 heteroatoms. The number of carbonyl (C=O) groups is 4. The molecule has 0 aliphatic rings. The van der Waals surface area contributed by atoms with Gasteiger partial charge in [0, 0.05) is 0 Å². The van der Waals surface area contributed by atoms with Crippen LogP contribution in [0.15, 0.2) is 0 Å². The molecular formula is C13H24N4O7. The van der Waals surface area contributed by atoms with Crippen molar-refractivity contribution in [3.05, 3.63) is 0 Å². The molecule has 0 fully saturated rings. The largest absolute Gasteiger partial charge is 0.481 e. The Labute approximate surface area is 138 Å². The van der Waals surface area contributed by atoms with Crippen molar-refractivity contribution in [2.45, 2.75) is 43.8 Å². The molecule has 0 spiro atoms. The van der Waals surface area contributed by atoms with Gasteiger partial charge in [-0.15, -0.1) is 0 Å². The van der Waals surface area contributed by atoms with E-state index in [9.17, 15) is 19.2 Å². The Balaban J connectivity index is 4.88. The van der Waals surface area contributed by atoms with Gasteiger partial charge in [-0.05, 0) is 25.8 Å². The minimum Gasteiger partial charge on any atom is -0.481 e. The normalized spacial score (nSPS) is 14.3.